The standard InChI is InChI=1S/C5H7IN2O/c1-4-7-5(3-6-2)9-8-4/h3H,1-2H3. The van der Waals surface area contributed by atoms with Crippen molar-refractivity contribution < 1.29 is 4.52 Å². The molecule has 0 saturated heterocycles. The zero-order valence-corrected chi connectivity index (χ0v) is 7.42. The quantitative estimate of drug-likeness (QED) is 0.543. The Bertz CT molecular complexity index is 218. The summed E-state index contributed by atoms with van der Waals surface area (Å²) in [6.45, 7) is 1.81. The van der Waals surface area contributed by atoms with Gasteiger partial charge in [-0.3, -0.25) is 0 Å². The molecule has 0 aliphatic rings. The second kappa shape index (κ2) is 3.05. The van der Waals surface area contributed by atoms with Gasteiger partial charge < -0.3 is 4.52 Å². The van der Waals surface area contributed by atoms with Gasteiger partial charge in [-0.2, -0.15) is 4.98 Å². The molecule has 0 unspecified atom stereocenters. The number of rotatable bonds is 1. The zero-order valence-electron chi connectivity index (χ0n) is 5.26. The van der Waals surface area contributed by atoms with Crippen LogP contribution in [0.15, 0.2) is 4.52 Å². The molecule has 0 amide bonds. The molecule has 1 rings (SSSR count). The first-order valence-corrected chi connectivity index (χ1v) is 5.85. The maximum absolute atomic E-state index is 4.82. The average Bonchev–Trinajstić information content (AvgIpc) is 2.17. The van der Waals surface area contributed by atoms with Crippen LogP contribution in [0.4, 0.5) is 0 Å². The molecule has 50 valence electrons. The van der Waals surface area contributed by atoms with E-state index in [1.54, 1.807) is 0 Å². The fraction of sp³-hybridized carbons (Fsp3) is 0.400. The molecule has 0 bridgehead atoms. The smallest absolute Gasteiger partial charge is 0.256 e. The molecule has 0 aromatic carbocycles. The van der Waals surface area contributed by atoms with Crippen LogP contribution in [-0.4, -0.2) is 19.1 Å². The summed E-state index contributed by atoms with van der Waals surface area (Å²) in [7, 11) is 0. The number of halogens is 1. The molecule has 1 aromatic heterocycles. The van der Waals surface area contributed by atoms with E-state index >= 15 is 0 Å². The van der Waals surface area contributed by atoms with Gasteiger partial charge in [0.05, 0.1) is 0 Å². The van der Waals surface area contributed by atoms with Crippen LogP contribution >= 0.6 is 20.7 Å². The summed E-state index contributed by atoms with van der Waals surface area (Å²) in [5.41, 5.74) is 0. The predicted molar refractivity (Wildman–Crippen MR) is 44.1 cm³/mol. The van der Waals surface area contributed by atoms with Gasteiger partial charge in [-0.1, -0.05) is 5.16 Å². The SMILES string of the molecule is CI=Cc1nc(C)no1. The molecule has 0 spiro atoms. The molecular weight excluding hydrogens is 231 g/mol. The molecule has 0 fully saturated rings. The molecule has 3 nitrogen and oxygen atoms in total. The highest BCUT2D eigenvalue weighted by atomic mass is 127. The highest BCUT2D eigenvalue weighted by molar-refractivity contribution is 14.2. The van der Waals surface area contributed by atoms with Crippen molar-refractivity contribution in [2.75, 3.05) is 4.93 Å². The Morgan fingerprint density at radius 2 is 2.44 bits per heavy atom. The van der Waals surface area contributed by atoms with Crippen molar-refractivity contribution in [3.63, 3.8) is 0 Å². The second-order valence-electron chi connectivity index (χ2n) is 1.51. The van der Waals surface area contributed by atoms with E-state index in [1.807, 2.05) is 10.9 Å². The molecule has 0 N–H and O–H groups in total. The topological polar surface area (TPSA) is 38.9 Å². The van der Waals surface area contributed by atoms with Crippen LogP contribution in [0.1, 0.15) is 11.7 Å². The molecule has 9 heavy (non-hydrogen) atoms. The molecule has 1 aromatic rings. The number of aromatic nitrogens is 2. The number of nitrogens with zero attached hydrogens (tertiary/aromatic N) is 2. The Morgan fingerprint density at radius 3 is 2.89 bits per heavy atom. The van der Waals surface area contributed by atoms with Crippen molar-refractivity contribution in [1.29, 1.82) is 0 Å². The molecule has 1 heterocycles. The van der Waals surface area contributed by atoms with Crippen LogP contribution in [0.2, 0.25) is 0 Å². The fourth-order valence-electron chi connectivity index (χ4n) is 0.451. The third-order valence-corrected chi connectivity index (χ3v) is 1.90. The van der Waals surface area contributed by atoms with Crippen LogP contribution in [0.5, 0.6) is 0 Å². The minimum atomic E-state index is 0.121. The van der Waals surface area contributed by atoms with Gasteiger partial charge >= 0.3 is 0 Å². The van der Waals surface area contributed by atoms with E-state index in [4.69, 9.17) is 4.52 Å². The van der Waals surface area contributed by atoms with E-state index in [2.05, 4.69) is 15.1 Å². The van der Waals surface area contributed by atoms with Gasteiger partial charge in [0.15, 0.2) is 5.82 Å². The van der Waals surface area contributed by atoms with Gasteiger partial charge in [0.2, 0.25) is 0 Å². The van der Waals surface area contributed by atoms with E-state index < -0.39 is 0 Å². The molecule has 0 atom stereocenters. The molecule has 0 aliphatic heterocycles. The van der Waals surface area contributed by atoms with E-state index in [0.29, 0.717) is 11.7 Å². The maximum Gasteiger partial charge on any atom is 0.256 e. The first-order chi connectivity index (χ1) is 4.33. The molecule has 0 saturated carbocycles. The Kier molecular flexibility index (Phi) is 2.32. The molecule has 0 radical (unpaired) electrons. The van der Waals surface area contributed by atoms with Crippen LogP contribution in [0, 0.1) is 6.92 Å². The van der Waals surface area contributed by atoms with Gasteiger partial charge in [0.1, 0.15) is 0 Å². The number of aryl methyl sites for hydroxylation is 1. The van der Waals surface area contributed by atoms with Crippen LogP contribution in [-0.2, 0) is 0 Å². The first kappa shape index (κ1) is 6.85. The average molecular weight is 238 g/mol. The van der Waals surface area contributed by atoms with Crippen molar-refractivity contribution in [3.05, 3.63) is 11.7 Å². The fourth-order valence-corrected chi connectivity index (χ4v) is 1.24. The van der Waals surface area contributed by atoms with E-state index in [9.17, 15) is 0 Å². The Morgan fingerprint density at radius 1 is 1.67 bits per heavy atom. The lowest BCUT2D eigenvalue weighted by Crippen LogP contribution is -1.76. The van der Waals surface area contributed by atoms with Crippen LogP contribution < -0.4 is 0 Å². The lowest BCUT2D eigenvalue weighted by atomic mass is 10.7. The van der Waals surface area contributed by atoms with Crippen LogP contribution in [0.3, 0.4) is 0 Å². The summed E-state index contributed by atoms with van der Waals surface area (Å²) in [6.07, 6.45) is 0. The normalized spacial score (nSPS) is 11.8. The van der Waals surface area contributed by atoms with E-state index in [-0.39, 0.29) is 20.7 Å². The van der Waals surface area contributed by atoms with Gasteiger partial charge in [-0.25, -0.2) is 0 Å². The summed E-state index contributed by atoms with van der Waals surface area (Å²) in [5, 5.41) is 3.64. The minimum absolute atomic E-state index is 0.121. The number of hydrogen-bond donors (Lipinski definition) is 0. The maximum atomic E-state index is 4.82. The van der Waals surface area contributed by atoms with Gasteiger partial charge in [0, 0.05) is 4.01 Å². The number of hydrogen-bond acceptors (Lipinski definition) is 3. The van der Waals surface area contributed by atoms with E-state index in [0.717, 1.165) is 0 Å². The van der Waals surface area contributed by atoms with Gasteiger partial charge in [-0.15, -0.1) is 20.7 Å². The highest BCUT2D eigenvalue weighted by Crippen LogP contribution is 1.95. The Labute approximate surface area is 63.2 Å². The van der Waals surface area contributed by atoms with Crippen molar-refractivity contribution in [2.45, 2.75) is 6.92 Å². The monoisotopic (exact) mass is 238 g/mol. The largest absolute Gasteiger partial charge is 0.334 e. The lowest BCUT2D eigenvalue weighted by Gasteiger charge is -1.71. The van der Waals surface area contributed by atoms with Crippen molar-refractivity contribution in [1.82, 2.24) is 10.1 Å². The van der Waals surface area contributed by atoms with E-state index in [1.165, 1.54) is 0 Å². The molecular formula is C5H7IN2O. The van der Waals surface area contributed by atoms with Crippen molar-refractivity contribution >= 4 is 24.7 Å². The van der Waals surface area contributed by atoms with Crippen molar-refractivity contribution in [2.24, 2.45) is 0 Å². The second-order valence-corrected chi connectivity index (χ2v) is 3.38. The van der Waals surface area contributed by atoms with Gasteiger partial charge in [0.25, 0.3) is 5.89 Å². The van der Waals surface area contributed by atoms with Gasteiger partial charge in [-0.05, 0) is 11.9 Å². The summed E-state index contributed by atoms with van der Waals surface area (Å²) in [4.78, 5) is 6.13. The first-order valence-electron chi connectivity index (χ1n) is 2.44. The van der Waals surface area contributed by atoms with Crippen molar-refractivity contribution in [3.8, 4) is 0 Å². The Hall–Kier alpha value is -0.260. The summed E-state index contributed by atoms with van der Waals surface area (Å²) in [6, 6.07) is 0. The summed E-state index contributed by atoms with van der Waals surface area (Å²) in [5.74, 6) is 1.38. The molecule has 4 heteroatoms. The zero-order chi connectivity index (χ0) is 6.69. The predicted octanol–water partition coefficient (Wildman–Crippen LogP) is 1.13. The van der Waals surface area contributed by atoms with Crippen LogP contribution in [0.25, 0.3) is 0 Å². The molecule has 0 aliphatic carbocycles. The summed E-state index contributed by atoms with van der Waals surface area (Å²) < 4.78 is 6.81. The highest BCUT2D eigenvalue weighted by Gasteiger charge is 1.94. The minimum Gasteiger partial charge on any atom is -0.334 e. The third kappa shape index (κ3) is 1.85. The number of alkyl halides is 1. The summed E-state index contributed by atoms with van der Waals surface area (Å²) >= 11 is 0.121. The Balaban J connectivity index is 2.85. The lowest BCUT2D eigenvalue weighted by molar-refractivity contribution is 0.409. The third-order valence-electron chi connectivity index (χ3n) is 0.746.